The Morgan fingerprint density at radius 2 is 1.81 bits per heavy atom. The number of likely N-dealkylation sites (tertiary alicyclic amines) is 1. The largest absolute Gasteiger partial charge is 0.496 e. The normalized spacial score (nSPS) is 20.3. The Kier molecular flexibility index (Phi) is 6.91. The van der Waals surface area contributed by atoms with Crippen molar-refractivity contribution in [2.75, 3.05) is 41.0 Å². The van der Waals surface area contributed by atoms with E-state index in [1.807, 2.05) is 12.1 Å². The lowest BCUT2D eigenvalue weighted by Crippen LogP contribution is -2.44. The van der Waals surface area contributed by atoms with E-state index in [1.165, 1.54) is 6.26 Å². The van der Waals surface area contributed by atoms with Crippen LogP contribution in [0, 0.1) is 0 Å². The van der Waals surface area contributed by atoms with E-state index in [2.05, 4.69) is 10.2 Å². The smallest absolute Gasteiger partial charge is 0.287 e. The zero-order chi connectivity index (χ0) is 22.6. The van der Waals surface area contributed by atoms with Crippen LogP contribution in [-0.2, 0) is 11.3 Å². The summed E-state index contributed by atoms with van der Waals surface area (Å²) >= 11 is 0. The van der Waals surface area contributed by atoms with Gasteiger partial charge in [-0.05, 0) is 43.9 Å². The van der Waals surface area contributed by atoms with Crippen LogP contribution in [0.25, 0.3) is 0 Å². The quantitative estimate of drug-likeness (QED) is 0.669. The standard InChI is InChI=1S/C24H32N2O6/c1-28-20-14-22(30-3)21(29-2)13-17(20)16-26-10-8-24(9-11-26)7-6-18(32-24)15-25-23(27)19-5-4-12-31-19/h4-5,12-14,18H,6-11,15-16H2,1-3H3,(H,25,27)/t18-/m0/s1. The first kappa shape index (κ1) is 22.5. The zero-order valence-electron chi connectivity index (χ0n) is 19.0. The minimum absolute atomic E-state index is 0.0476. The molecule has 1 N–H and O–H groups in total. The summed E-state index contributed by atoms with van der Waals surface area (Å²) in [6, 6.07) is 7.24. The van der Waals surface area contributed by atoms with E-state index in [1.54, 1.807) is 33.5 Å². The maximum Gasteiger partial charge on any atom is 0.287 e. The van der Waals surface area contributed by atoms with Crippen molar-refractivity contribution in [3.63, 3.8) is 0 Å². The van der Waals surface area contributed by atoms with Crippen LogP contribution in [0.1, 0.15) is 41.8 Å². The lowest BCUT2D eigenvalue weighted by Gasteiger charge is -2.39. The monoisotopic (exact) mass is 444 g/mol. The average molecular weight is 445 g/mol. The van der Waals surface area contributed by atoms with Crippen molar-refractivity contribution in [3.8, 4) is 17.2 Å². The molecule has 8 heteroatoms. The Morgan fingerprint density at radius 1 is 1.09 bits per heavy atom. The topological polar surface area (TPSA) is 82.4 Å². The number of hydrogen-bond acceptors (Lipinski definition) is 7. The number of methoxy groups -OCH3 is 3. The molecule has 2 saturated heterocycles. The molecule has 3 heterocycles. The first-order valence-electron chi connectivity index (χ1n) is 11.1. The van der Waals surface area contributed by atoms with E-state index in [-0.39, 0.29) is 17.6 Å². The molecule has 2 aliphatic heterocycles. The van der Waals surface area contributed by atoms with Gasteiger partial charge in [0.25, 0.3) is 5.91 Å². The van der Waals surface area contributed by atoms with Gasteiger partial charge in [0, 0.05) is 37.8 Å². The van der Waals surface area contributed by atoms with Crippen molar-refractivity contribution in [1.29, 1.82) is 0 Å². The number of piperidine rings is 1. The highest BCUT2D eigenvalue weighted by Gasteiger charge is 2.42. The van der Waals surface area contributed by atoms with Crippen molar-refractivity contribution in [2.45, 2.75) is 43.9 Å². The number of carbonyl (C=O) groups excluding carboxylic acids is 1. The number of ether oxygens (including phenoxy) is 4. The average Bonchev–Trinajstić information content (AvgIpc) is 3.50. The van der Waals surface area contributed by atoms with Gasteiger partial charge in [-0.3, -0.25) is 9.69 Å². The van der Waals surface area contributed by atoms with Crippen LogP contribution >= 0.6 is 0 Å². The summed E-state index contributed by atoms with van der Waals surface area (Å²) < 4.78 is 28.0. The first-order chi connectivity index (χ1) is 15.6. The Morgan fingerprint density at radius 3 is 2.47 bits per heavy atom. The fourth-order valence-electron chi connectivity index (χ4n) is 4.68. The number of nitrogens with one attached hydrogen (secondary N) is 1. The molecule has 2 aliphatic rings. The van der Waals surface area contributed by atoms with Gasteiger partial charge in [-0.1, -0.05) is 0 Å². The van der Waals surface area contributed by atoms with Gasteiger partial charge in [0.1, 0.15) is 5.75 Å². The number of benzene rings is 1. The molecule has 174 valence electrons. The SMILES string of the molecule is COc1cc(OC)c(OC)cc1CN1CCC2(CC[C@@H](CNC(=O)c3ccco3)O2)CC1. The van der Waals surface area contributed by atoms with Crippen molar-refractivity contribution in [2.24, 2.45) is 0 Å². The van der Waals surface area contributed by atoms with Gasteiger partial charge in [-0.25, -0.2) is 0 Å². The van der Waals surface area contributed by atoms with Crippen LogP contribution < -0.4 is 19.5 Å². The number of amides is 1. The molecule has 0 bridgehead atoms. The molecule has 0 saturated carbocycles. The molecule has 1 atom stereocenters. The Bertz CT molecular complexity index is 905. The van der Waals surface area contributed by atoms with Crippen LogP contribution in [0.4, 0.5) is 0 Å². The summed E-state index contributed by atoms with van der Waals surface area (Å²) in [4.78, 5) is 14.5. The highest BCUT2D eigenvalue weighted by molar-refractivity contribution is 5.91. The molecule has 2 fully saturated rings. The summed E-state index contributed by atoms with van der Waals surface area (Å²) in [5, 5.41) is 2.92. The number of carbonyl (C=O) groups is 1. The molecule has 1 spiro atoms. The number of nitrogens with zero attached hydrogens (tertiary/aromatic N) is 1. The molecule has 4 rings (SSSR count). The summed E-state index contributed by atoms with van der Waals surface area (Å²) in [6.07, 6.45) is 5.49. The molecular weight excluding hydrogens is 412 g/mol. The fraction of sp³-hybridized carbons (Fsp3) is 0.542. The van der Waals surface area contributed by atoms with E-state index >= 15 is 0 Å². The second-order valence-corrected chi connectivity index (χ2v) is 8.44. The minimum Gasteiger partial charge on any atom is -0.496 e. The van der Waals surface area contributed by atoms with Gasteiger partial charge in [0.15, 0.2) is 17.3 Å². The van der Waals surface area contributed by atoms with E-state index in [4.69, 9.17) is 23.4 Å². The van der Waals surface area contributed by atoms with Crippen molar-refractivity contribution in [1.82, 2.24) is 10.2 Å². The third-order valence-electron chi connectivity index (χ3n) is 6.52. The van der Waals surface area contributed by atoms with E-state index < -0.39 is 0 Å². The summed E-state index contributed by atoms with van der Waals surface area (Å²) in [5.41, 5.74) is 0.991. The second kappa shape index (κ2) is 9.83. The molecule has 1 aromatic carbocycles. The molecule has 1 aromatic heterocycles. The fourth-order valence-corrected chi connectivity index (χ4v) is 4.68. The summed E-state index contributed by atoms with van der Waals surface area (Å²) in [6.45, 7) is 3.18. The third-order valence-corrected chi connectivity index (χ3v) is 6.52. The molecule has 0 unspecified atom stereocenters. The van der Waals surface area contributed by atoms with Crippen LogP contribution in [0.2, 0.25) is 0 Å². The minimum atomic E-state index is -0.196. The Hall–Kier alpha value is -2.71. The maximum absolute atomic E-state index is 12.1. The third kappa shape index (κ3) is 4.86. The molecule has 0 aliphatic carbocycles. The van der Waals surface area contributed by atoms with Crippen LogP contribution in [0.15, 0.2) is 34.9 Å². The van der Waals surface area contributed by atoms with Gasteiger partial charge in [-0.15, -0.1) is 0 Å². The molecule has 0 radical (unpaired) electrons. The highest BCUT2D eigenvalue weighted by atomic mass is 16.5. The molecule has 32 heavy (non-hydrogen) atoms. The summed E-state index contributed by atoms with van der Waals surface area (Å²) in [5.74, 6) is 2.30. The van der Waals surface area contributed by atoms with Crippen molar-refractivity contribution >= 4 is 5.91 Å². The number of furan rings is 1. The predicted octanol–water partition coefficient (Wildman–Crippen LogP) is 3.25. The van der Waals surface area contributed by atoms with Gasteiger partial charge < -0.3 is 28.7 Å². The van der Waals surface area contributed by atoms with Crippen LogP contribution in [-0.4, -0.2) is 63.5 Å². The van der Waals surface area contributed by atoms with E-state index in [0.29, 0.717) is 23.8 Å². The Labute approximate surface area is 188 Å². The van der Waals surface area contributed by atoms with Crippen molar-refractivity contribution in [3.05, 3.63) is 41.9 Å². The maximum atomic E-state index is 12.1. The number of rotatable bonds is 8. The lowest BCUT2D eigenvalue weighted by molar-refractivity contribution is -0.0765. The van der Waals surface area contributed by atoms with E-state index in [0.717, 1.165) is 56.6 Å². The predicted molar refractivity (Wildman–Crippen MR) is 118 cm³/mol. The zero-order valence-corrected chi connectivity index (χ0v) is 19.0. The van der Waals surface area contributed by atoms with Gasteiger partial charge in [0.2, 0.25) is 0 Å². The van der Waals surface area contributed by atoms with Gasteiger partial charge >= 0.3 is 0 Å². The van der Waals surface area contributed by atoms with Gasteiger partial charge in [-0.2, -0.15) is 0 Å². The first-order valence-corrected chi connectivity index (χ1v) is 11.1. The molecule has 2 aromatic rings. The Balaban J connectivity index is 1.29. The highest BCUT2D eigenvalue weighted by Crippen LogP contribution is 2.40. The van der Waals surface area contributed by atoms with Crippen LogP contribution in [0.3, 0.4) is 0 Å². The molecule has 8 nitrogen and oxygen atoms in total. The summed E-state index contributed by atoms with van der Waals surface area (Å²) in [7, 11) is 4.94. The lowest BCUT2D eigenvalue weighted by atomic mass is 9.88. The molecular formula is C24H32N2O6. The van der Waals surface area contributed by atoms with Crippen molar-refractivity contribution < 1.29 is 28.2 Å². The van der Waals surface area contributed by atoms with Crippen LogP contribution in [0.5, 0.6) is 17.2 Å². The van der Waals surface area contributed by atoms with Gasteiger partial charge in [0.05, 0.1) is 39.3 Å². The second-order valence-electron chi connectivity index (χ2n) is 8.44. The van der Waals surface area contributed by atoms with E-state index in [9.17, 15) is 4.79 Å². The molecule has 1 amide bonds. The number of hydrogen-bond donors (Lipinski definition) is 1.